The van der Waals surface area contributed by atoms with Gasteiger partial charge >= 0.3 is 0 Å². The normalized spacial score (nSPS) is 15.0. The average Bonchev–Trinajstić information content (AvgIpc) is 3.17. The zero-order valence-corrected chi connectivity index (χ0v) is 14.2. The maximum absolute atomic E-state index is 12.4. The smallest absolute Gasteiger partial charge is 0.287 e. The predicted molar refractivity (Wildman–Crippen MR) is 90.5 cm³/mol. The Hall–Kier alpha value is -3.23. The van der Waals surface area contributed by atoms with E-state index in [1.165, 1.54) is 10.6 Å². The highest BCUT2D eigenvalue weighted by Crippen LogP contribution is 2.35. The SMILES string of the molecule is CC(NC(=O)c1ccc(Cn2ccccc2=O)o1)c1nnnn1C1CC1. The second-order valence-corrected chi connectivity index (χ2v) is 6.34. The van der Waals surface area contributed by atoms with Gasteiger partial charge in [-0.2, -0.15) is 0 Å². The lowest BCUT2D eigenvalue weighted by Crippen LogP contribution is -2.28. The van der Waals surface area contributed by atoms with Crippen LogP contribution in [0.5, 0.6) is 0 Å². The summed E-state index contributed by atoms with van der Waals surface area (Å²) < 4.78 is 8.85. The molecule has 1 aliphatic carbocycles. The third kappa shape index (κ3) is 3.28. The number of amides is 1. The first-order chi connectivity index (χ1) is 12.6. The molecular formula is C17H18N6O3. The third-order valence-corrected chi connectivity index (χ3v) is 4.26. The summed E-state index contributed by atoms with van der Waals surface area (Å²) in [5.41, 5.74) is -0.129. The summed E-state index contributed by atoms with van der Waals surface area (Å²) in [6.07, 6.45) is 3.78. The summed E-state index contributed by atoms with van der Waals surface area (Å²) in [4.78, 5) is 24.2. The average molecular weight is 354 g/mol. The van der Waals surface area contributed by atoms with Crippen molar-refractivity contribution < 1.29 is 9.21 Å². The number of pyridine rings is 1. The van der Waals surface area contributed by atoms with Gasteiger partial charge in [-0.15, -0.1) is 5.10 Å². The molecule has 1 atom stereocenters. The quantitative estimate of drug-likeness (QED) is 0.715. The molecule has 4 rings (SSSR count). The number of carbonyl (C=O) groups is 1. The molecule has 1 N–H and O–H groups in total. The summed E-state index contributed by atoms with van der Waals surface area (Å²) in [7, 11) is 0. The van der Waals surface area contributed by atoms with Crippen molar-refractivity contribution in [3.05, 3.63) is 64.2 Å². The number of furan rings is 1. The summed E-state index contributed by atoms with van der Waals surface area (Å²) in [5, 5.41) is 14.5. The van der Waals surface area contributed by atoms with Crippen LogP contribution in [0.4, 0.5) is 0 Å². The standard InChI is InChI=1S/C17H18N6O3/c1-11(16-19-20-21-23(16)12-5-6-12)18-17(25)14-8-7-13(26-14)10-22-9-3-2-4-15(22)24/h2-4,7-9,11-12H,5-6,10H2,1H3,(H,18,25). The van der Waals surface area contributed by atoms with Crippen molar-refractivity contribution in [1.82, 2.24) is 30.1 Å². The van der Waals surface area contributed by atoms with Gasteiger partial charge in [-0.05, 0) is 48.4 Å². The lowest BCUT2D eigenvalue weighted by atomic mass is 10.3. The van der Waals surface area contributed by atoms with Gasteiger partial charge in [-0.3, -0.25) is 9.59 Å². The molecule has 0 radical (unpaired) electrons. The topological polar surface area (TPSA) is 108 Å². The van der Waals surface area contributed by atoms with E-state index in [0.717, 1.165) is 12.8 Å². The largest absolute Gasteiger partial charge is 0.454 e. The molecule has 1 unspecified atom stereocenters. The zero-order valence-electron chi connectivity index (χ0n) is 14.2. The molecule has 1 aliphatic rings. The molecule has 1 amide bonds. The highest BCUT2D eigenvalue weighted by Gasteiger charge is 2.30. The van der Waals surface area contributed by atoms with E-state index in [1.54, 1.807) is 35.1 Å². The van der Waals surface area contributed by atoms with E-state index in [1.807, 2.05) is 6.92 Å². The van der Waals surface area contributed by atoms with Crippen molar-refractivity contribution in [2.45, 2.75) is 38.4 Å². The van der Waals surface area contributed by atoms with Gasteiger partial charge in [-0.25, -0.2) is 4.68 Å². The molecule has 0 aliphatic heterocycles. The number of nitrogens with one attached hydrogen (secondary N) is 1. The van der Waals surface area contributed by atoms with E-state index in [2.05, 4.69) is 20.8 Å². The van der Waals surface area contributed by atoms with Crippen LogP contribution in [-0.2, 0) is 6.54 Å². The Morgan fingerprint density at radius 2 is 2.19 bits per heavy atom. The van der Waals surface area contributed by atoms with Gasteiger partial charge in [0, 0.05) is 12.3 Å². The minimum atomic E-state index is -0.352. The molecule has 3 aromatic heterocycles. The number of carbonyl (C=O) groups excluding carboxylic acids is 1. The van der Waals surface area contributed by atoms with Gasteiger partial charge in [0.1, 0.15) is 5.76 Å². The molecule has 1 fully saturated rings. The first-order valence-electron chi connectivity index (χ1n) is 8.44. The fourth-order valence-electron chi connectivity index (χ4n) is 2.74. The number of aromatic nitrogens is 5. The minimum absolute atomic E-state index is 0.129. The lowest BCUT2D eigenvalue weighted by Gasteiger charge is -2.12. The molecule has 3 heterocycles. The van der Waals surface area contributed by atoms with Crippen LogP contribution in [0.3, 0.4) is 0 Å². The van der Waals surface area contributed by atoms with Gasteiger partial charge in [-0.1, -0.05) is 6.07 Å². The molecule has 0 saturated heterocycles. The highest BCUT2D eigenvalue weighted by atomic mass is 16.4. The first kappa shape index (κ1) is 16.2. The van der Waals surface area contributed by atoms with E-state index in [0.29, 0.717) is 17.6 Å². The molecule has 9 heteroatoms. The Morgan fingerprint density at radius 1 is 1.35 bits per heavy atom. The van der Waals surface area contributed by atoms with Crippen LogP contribution in [0.25, 0.3) is 0 Å². The lowest BCUT2D eigenvalue weighted by molar-refractivity contribution is 0.0907. The zero-order chi connectivity index (χ0) is 18.1. The Labute approximate surface area is 148 Å². The number of rotatable bonds is 6. The predicted octanol–water partition coefficient (Wildman–Crippen LogP) is 1.30. The van der Waals surface area contributed by atoms with Crippen LogP contribution < -0.4 is 10.9 Å². The molecular weight excluding hydrogens is 336 g/mol. The second-order valence-electron chi connectivity index (χ2n) is 6.34. The van der Waals surface area contributed by atoms with Gasteiger partial charge in [0.25, 0.3) is 11.5 Å². The van der Waals surface area contributed by atoms with Crippen LogP contribution in [0, 0.1) is 0 Å². The molecule has 134 valence electrons. The Kier molecular flexibility index (Phi) is 4.11. The van der Waals surface area contributed by atoms with Crippen molar-refractivity contribution in [3.8, 4) is 0 Å². The van der Waals surface area contributed by atoms with Crippen LogP contribution in [0.1, 0.15) is 54.0 Å². The monoisotopic (exact) mass is 354 g/mol. The van der Waals surface area contributed by atoms with E-state index >= 15 is 0 Å². The Morgan fingerprint density at radius 3 is 2.96 bits per heavy atom. The molecule has 0 spiro atoms. The highest BCUT2D eigenvalue weighted by molar-refractivity contribution is 5.91. The van der Waals surface area contributed by atoms with Crippen molar-refractivity contribution in [1.29, 1.82) is 0 Å². The summed E-state index contributed by atoms with van der Waals surface area (Å²) in [6, 6.07) is 8.19. The van der Waals surface area contributed by atoms with E-state index < -0.39 is 0 Å². The maximum atomic E-state index is 12.4. The van der Waals surface area contributed by atoms with Crippen molar-refractivity contribution in [2.24, 2.45) is 0 Å². The van der Waals surface area contributed by atoms with Crippen LogP contribution in [0.15, 0.2) is 45.7 Å². The molecule has 1 saturated carbocycles. The second kappa shape index (κ2) is 6.58. The molecule has 26 heavy (non-hydrogen) atoms. The van der Waals surface area contributed by atoms with E-state index in [-0.39, 0.29) is 29.8 Å². The van der Waals surface area contributed by atoms with E-state index in [9.17, 15) is 9.59 Å². The van der Waals surface area contributed by atoms with Gasteiger partial charge in [0.05, 0.1) is 18.6 Å². The summed E-state index contributed by atoms with van der Waals surface area (Å²) >= 11 is 0. The number of nitrogens with zero attached hydrogens (tertiary/aromatic N) is 5. The van der Waals surface area contributed by atoms with Crippen LogP contribution >= 0.6 is 0 Å². The van der Waals surface area contributed by atoms with Crippen LogP contribution in [-0.4, -0.2) is 30.7 Å². The number of hydrogen-bond acceptors (Lipinski definition) is 6. The van der Waals surface area contributed by atoms with Crippen molar-refractivity contribution >= 4 is 5.91 Å². The van der Waals surface area contributed by atoms with E-state index in [4.69, 9.17) is 4.42 Å². The molecule has 3 aromatic rings. The van der Waals surface area contributed by atoms with Crippen LogP contribution in [0.2, 0.25) is 0 Å². The number of tetrazole rings is 1. The molecule has 0 aromatic carbocycles. The first-order valence-corrected chi connectivity index (χ1v) is 8.44. The van der Waals surface area contributed by atoms with Crippen molar-refractivity contribution in [3.63, 3.8) is 0 Å². The molecule has 9 nitrogen and oxygen atoms in total. The third-order valence-electron chi connectivity index (χ3n) is 4.26. The van der Waals surface area contributed by atoms with Gasteiger partial charge < -0.3 is 14.3 Å². The summed E-state index contributed by atoms with van der Waals surface area (Å²) in [6.45, 7) is 2.10. The Balaban J connectivity index is 1.44. The van der Waals surface area contributed by atoms with Gasteiger partial charge in [0.2, 0.25) is 0 Å². The van der Waals surface area contributed by atoms with Gasteiger partial charge in [0.15, 0.2) is 11.6 Å². The number of hydrogen-bond donors (Lipinski definition) is 1. The Bertz CT molecular complexity index is 984. The maximum Gasteiger partial charge on any atom is 0.287 e. The fourth-order valence-corrected chi connectivity index (χ4v) is 2.74. The van der Waals surface area contributed by atoms with Crippen molar-refractivity contribution in [2.75, 3.05) is 0 Å². The summed E-state index contributed by atoms with van der Waals surface area (Å²) in [5.74, 6) is 0.984. The minimum Gasteiger partial charge on any atom is -0.454 e. The fraction of sp³-hybridized carbons (Fsp3) is 0.353. The molecule has 0 bridgehead atoms.